The van der Waals surface area contributed by atoms with E-state index in [0.29, 0.717) is 12.3 Å². The Kier molecular flexibility index (Phi) is 5.39. The summed E-state index contributed by atoms with van der Waals surface area (Å²) in [5.74, 6) is -1.97. The quantitative estimate of drug-likeness (QED) is 0.740. The summed E-state index contributed by atoms with van der Waals surface area (Å²) in [5.41, 5.74) is -2.43. The second-order valence-corrected chi connectivity index (χ2v) is 6.07. The molecule has 3 rings (SSSR count). The highest BCUT2D eigenvalue weighted by atomic mass is 19.4. The smallest absolute Gasteiger partial charge is 0.418 e. The Balaban J connectivity index is 2.06. The molecule has 1 aromatic heterocycles. The van der Waals surface area contributed by atoms with Gasteiger partial charge in [0.25, 0.3) is 0 Å². The van der Waals surface area contributed by atoms with Crippen molar-refractivity contribution >= 4 is 5.82 Å². The fourth-order valence-electron chi connectivity index (χ4n) is 2.94. The number of rotatable bonds is 5. The van der Waals surface area contributed by atoms with Crippen molar-refractivity contribution in [1.82, 2.24) is 4.98 Å². The van der Waals surface area contributed by atoms with Crippen LogP contribution in [0.3, 0.4) is 0 Å². The van der Waals surface area contributed by atoms with Crippen LogP contribution in [0, 0.1) is 5.82 Å². The average molecular weight is 408 g/mol. The Morgan fingerprint density at radius 3 is 2.71 bits per heavy atom. The Bertz CT molecular complexity index is 861. The molecule has 1 aliphatic heterocycles. The van der Waals surface area contributed by atoms with E-state index in [2.05, 4.69) is 15.0 Å². The monoisotopic (exact) mass is 408 g/mol. The minimum atomic E-state index is -4.83. The molecule has 1 aromatic carbocycles. The molecule has 5 nitrogen and oxygen atoms in total. The SMILES string of the molecule is OC[C@@]1(Nc2ncc(C(F)(F)F)cc2OC(F)F)COCc2c(F)cccc21. The number of aliphatic hydroxyl groups excluding tert-OH is 1. The molecule has 1 atom stereocenters. The van der Waals surface area contributed by atoms with Crippen molar-refractivity contribution in [3.63, 3.8) is 0 Å². The summed E-state index contributed by atoms with van der Waals surface area (Å²) in [6.07, 6.45) is -4.40. The topological polar surface area (TPSA) is 63.6 Å². The lowest BCUT2D eigenvalue weighted by atomic mass is 9.85. The molecule has 0 bridgehead atoms. The van der Waals surface area contributed by atoms with Crippen LogP contribution in [-0.2, 0) is 23.1 Å². The predicted octanol–water partition coefficient (Wildman–Crippen LogP) is 3.67. The van der Waals surface area contributed by atoms with Gasteiger partial charge in [0.1, 0.15) is 11.4 Å². The third kappa shape index (κ3) is 3.85. The van der Waals surface area contributed by atoms with Crippen LogP contribution in [0.25, 0.3) is 0 Å². The van der Waals surface area contributed by atoms with Gasteiger partial charge in [-0.05, 0) is 17.7 Å². The number of benzene rings is 1. The second-order valence-electron chi connectivity index (χ2n) is 6.07. The van der Waals surface area contributed by atoms with Crippen LogP contribution in [0.5, 0.6) is 5.75 Å². The van der Waals surface area contributed by atoms with Gasteiger partial charge in [-0.15, -0.1) is 0 Å². The van der Waals surface area contributed by atoms with Crippen molar-refractivity contribution < 1.29 is 40.9 Å². The number of nitrogens with one attached hydrogen (secondary N) is 1. The molecular formula is C17H14F6N2O3. The fourth-order valence-corrected chi connectivity index (χ4v) is 2.94. The summed E-state index contributed by atoms with van der Waals surface area (Å²) < 4.78 is 87.5. The maximum absolute atomic E-state index is 14.1. The second kappa shape index (κ2) is 7.47. The number of alkyl halides is 5. The molecule has 11 heteroatoms. The van der Waals surface area contributed by atoms with Crippen molar-refractivity contribution in [3.8, 4) is 5.75 Å². The lowest BCUT2D eigenvalue weighted by Crippen LogP contribution is -2.47. The van der Waals surface area contributed by atoms with E-state index in [1.165, 1.54) is 18.2 Å². The van der Waals surface area contributed by atoms with Gasteiger partial charge in [-0.2, -0.15) is 22.0 Å². The number of hydrogen-bond acceptors (Lipinski definition) is 5. The largest absolute Gasteiger partial charge is 0.431 e. The number of pyridine rings is 1. The molecule has 1 aliphatic rings. The fraction of sp³-hybridized carbons (Fsp3) is 0.353. The standard InChI is InChI=1S/C17H14F6N2O3/c18-12-3-1-2-11-10(12)6-27-8-16(11,7-26)25-14-13(28-15(19)20)4-9(5-24-14)17(21,22)23/h1-5,15,26H,6-8H2,(H,24,25)/t16-/m1/s1. The average Bonchev–Trinajstić information content (AvgIpc) is 2.62. The molecule has 0 saturated heterocycles. The van der Waals surface area contributed by atoms with Gasteiger partial charge >= 0.3 is 12.8 Å². The van der Waals surface area contributed by atoms with E-state index in [-0.39, 0.29) is 24.3 Å². The predicted molar refractivity (Wildman–Crippen MR) is 84.3 cm³/mol. The van der Waals surface area contributed by atoms with Crippen molar-refractivity contribution in [2.24, 2.45) is 0 Å². The molecule has 152 valence electrons. The first kappa shape index (κ1) is 20.2. The molecule has 2 aromatic rings. The summed E-state index contributed by atoms with van der Waals surface area (Å²) in [6.45, 7) is -4.40. The van der Waals surface area contributed by atoms with Gasteiger partial charge in [0.15, 0.2) is 11.6 Å². The Morgan fingerprint density at radius 1 is 1.32 bits per heavy atom. The summed E-state index contributed by atoms with van der Waals surface area (Å²) >= 11 is 0. The lowest BCUT2D eigenvalue weighted by Gasteiger charge is -2.39. The van der Waals surface area contributed by atoms with Gasteiger partial charge in [-0.3, -0.25) is 0 Å². The van der Waals surface area contributed by atoms with Crippen LogP contribution in [0.15, 0.2) is 30.5 Å². The van der Waals surface area contributed by atoms with E-state index < -0.39 is 47.9 Å². The zero-order chi connectivity index (χ0) is 20.5. The molecule has 2 N–H and O–H groups in total. The first-order valence-electron chi connectivity index (χ1n) is 7.93. The van der Waals surface area contributed by atoms with E-state index in [9.17, 15) is 31.4 Å². The summed E-state index contributed by atoms with van der Waals surface area (Å²) in [4.78, 5) is 3.53. The summed E-state index contributed by atoms with van der Waals surface area (Å²) in [7, 11) is 0. The Hall–Kier alpha value is -2.53. The van der Waals surface area contributed by atoms with Gasteiger partial charge in [-0.25, -0.2) is 9.37 Å². The minimum absolute atomic E-state index is 0.0910. The molecule has 0 fully saturated rings. The third-order valence-electron chi connectivity index (χ3n) is 4.25. The third-order valence-corrected chi connectivity index (χ3v) is 4.25. The Morgan fingerprint density at radius 2 is 2.07 bits per heavy atom. The molecular weight excluding hydrogens is 394 g/mol. The number of fused-ring (bicyclic) bond motifs is 1. The molecule has 0 amide bonds. The van der Waals surface area contributed by atoms with E-state index in [0.717, 1.165) is 0 Å². The van der Waals surface area contributed by atoms with Gasteiger partial charge < -0.3 is 19.9 Å². The van der Waals surface area contributed by atoms with E-state index in [1.807, 2.05) is 0 Å². The van der Waals surface area contributed by atoms with Crippen molar-refractivity contribution in [1.29, 1.82) is 0 Å². The zero-order valence-electron chi connectivity index (χ0n) is 14.1. The van der Waals surface area contributed by atoms with Crippen molar-refractivity contribution in [2.45, 2.75) is 24.9 Å². The minimum Gasteiger partial charge on any atom is -0.431 e. The number of hydrogen-bond donors (Lipinski definition) is 2. The normalized spacial score (nSPS) is 19.4. The van der Waals surface area contributed by atoms with Crippen LogP contribution >= 0.6 is 0 Å². The van der Waals surface area contributed by atoms with Gasteiger partial charge in [0, 0.05) is 11.8 Å². The van der Waals surface area contributed by atoms with Gasteiger partial charge in [0.2, 0.25) is 0 Å². The molecule has 0 spiro atoms. The summed E-state index contributed by atoms with van der Waals surface area (Å²) in [6, 6.07) is 4.41. The Labute approximate surface area is 154 Å². The molecule has 2 heterocycles. The number of aliphatic hydroxyl groups is 1. The number of halogens is 6. The van der Waals surface area contributed by atoms with Crippen LogP contribution < -0.4 is 10.1 Å². The summed E-state index contributed by atoms with van der Waals surface area (Å²) in [5, 5.41) is 12.5. The first-order chi connectivity index (χ1) is 13.2. The van der Waals surface area contributed by atoms with Gasteiger partial charge in [-0.1, -0.05) is 12.1 Å². The number of anilines is 1. The highest BCUT2D eigenvalue weighted by Crippen LogP contribution is 2.39. The maximum Gasteiger partial charge on any atom is 0.418 e. The van der Waals surface area contributed by atoms with Crippen LogP contribution in [0.2, 0.25) is 0 Å². The lowest BCUT2D eigenvalue weighted by molar-refractivity contribution is -0.138. The maximum atomic E-state index is 14.1. The molecule has 0 aliphatic carbocycles. The zero-order valence-corrected chi connectivity index (χ0v) is 14.1. The van der Waals surface area contributed by atoms with E-state index in [1.54, 1.807) is 0 Å². The molecule has 0 radical (unpaired) electrons. The van der Waals surface area contributed by atoms with Crippen LogP contribution in [0.1, 0.15) is 16.7 Å². The van der Waals surface area contributed by atoms with Crippen molar-refractivity contribution in [3.05, 3.63) is 53.0 Å². The molecule has 0 saturated carbocycles. The van der Waals surface area contributed by atoms with E-state index >= 15 is 0 Å². The molecule has 28 heavy (non-hydrogen) atoms. The molecule has 0 unspecified atom stereocenters. The van der Waals surface area contributed by atoms with Crippen LogP contribution in [0.4, 0.5) is 32.2 Å². The highest BCUT2D eigenvalue weighted by Gasteiger charge is 2.40. The number of nitrogens with zero attached hydrogens (tertiary/aromatic N) is 1. The highest BCUT2D eigenvalue weighted by molar-refractivity contribution is 5.56. The number of aromatic nitrogens is 1. The van der Waals surface area contributed by atoms with Gasteiger partial charge in [0.05, 0.1) is 25.4 Å². The number of ether oxygens (including phenoxy) is 2. The van der Waals surface area contributed by atoms with E-state index in [4.69, 9.17) is 4.74 Å². The first-order valence-corrected chi connectivity index (χ1v) is 7.93. The van der Waals surface area contributed by atoms with Crippen LogP contribution in [-0.4, -0.2) is 29.9 Å². The van der Waals surface area contributed by atoms with Crippen molar-refractivity contribution in [2.75, 3.05) is 18.5 Å².